The molecule has 2 unspecified atom stereocenters. The Bertz CT molecular complexity index is 1730. The molecule has 1 aromatic carbocycles. The second-order valence-corrected chi connectivity index (χ2v) is 24.9. The number of alkyl carbamates (subject to hydrolysis) is 2. The molecule has 0 fully saturated rings. The first-order valence-electron chi connectivity index (χ1n) is 31.5. The molecule has 4 amide bonds. The van der Waals surface area contributed by atoms with Gasteiger partial charge in [-0.05, 0) is 85.1 Å². The first-order valence-corrected chi connectivity index (χ1v) is 32.7. The molecule has 456 valence electrons. The quantitative estimate of drug-likeness (QED) is 0.0276. The zero-order chi connectivity index (χ0) is 58.3. The number of nitrogens with one attached hydrogen (secondary N) is 4. The molecule has 0 saturated carbocycles. The number of ether oxygens (including phenoxy) is 4. The third-order valence-electron chi connectivity index (χ3n) is 13.5. The lowest BCUT2D eigenvalue weighted by atomic mass is 10.0. The van der Waals surface area contributed by atoms with E-state index in [2.05, 4.69) is 35.1 Å². The second kappa shape index (κ2) is 47.6. The summed E-state index contributed by atoms with van der Waals surface area (Å²) in [4.78, 5) is 77.3. The number of thioether (sulfide) groups is 1. The van der Waals surface area contributed by atoms with E-state index < -0.39 is 53.4 Å². The van der Waals surface area contributed by atoms with E-state index in [0.717, 1.165) is 38.5 Å². The lowest BCUT2D eigenvalue weighted by Crippen LogP contribution is -2.44. The molecule has 0 bridgehead atoms. The van der Waals surface area contributed by atoms with Crippen LogP contribution in [0.15, 0.2) is 24.3 Å². The number of hydrogen-bond donors (Lipinski definition) is 4. The molecular weight excluding hydrogens is 1020 g/mol. The molecule has 0 aliphatic heterocycles. The fourth-order valence-corrected chi connectivity index (χ4v) is 10.0. The average Bonchev–Trinajstić information content (AvgIpc) is 3.39. The second-order valence-electron chi connectivity index (χ2n) is 23.7. The van der Waals surface area contributed by atoms with Gasteiger partial charge in [-0.15, -0.1) is 0 Å². The van der Waals surface area contributed by atoms with E-state index in [1.165, 1.54) is 191 Å². The van der Waals surface area contributed by atoms with Crippen LogP contribution < -0.4 is 21.3 Å². The van der Waals surface area contributed by atoms with Crippen molar-refractivity contribution in [1.29, 1.82) is 0 Å². The van der Waals surface area contributed by atoms with Gasteiger partial charge in [-0.2, -0.15) is 11.8 Å². The predicted octanol–water partition coefficient (Wildman–Crippen LogP) is 16.7. The van der Waals surface area contributed by atoms with Crippen LogP contribution in [-0.4, -0.2) is 90.5 Å². The normalized spacial score (nSPS) is 12.3. The predicted molar refractivity (Wildman–Crippen MR) is 326 cm³/mol. The lowest BCUT2D eigenvalue weighted by Gasteiger charge is -2.25. The monoisotopic (exact) mass is 1130 g/mol. The molecule has 0 saturated heterocycles. The van der Waals surface area contributed by atoms with Crippen LogP contribution in [0.1, 0.15) is 290 Å². The Labute approximate surface area is 484 Å². The number of rotatable bonds is 49. The molecule has 0 aliphatic carbocycles. The van der Waals surface area contributed by atoms with Gasteiger partial charge in [0, 0.05) is 48.7 Å². The van der Waals surface area contributed by atoms with Crippen LogP contribution in [0.25, 0.3) is 0 Å². The van der Waals surface area contributed by atoms with E-state index >= 15 is 0 Å². The molecule has 1 rings (SSSR count). The number of benzene rings is 1. The number of anilines is 1. The van der Waals surface area contributed by atoms with Gasteiger partial charge in [0.05, 0.1) is 0 Å². The van der Waals surface area contributed by atoms with Crippen LogP contribution in [0.2, 0.25) is 0 Å². The number of esters is 2. The number of hydrogen-bond acceptors (Lipinski definition) is 11. The molecule has 0 heterocycles. The van der Waals surface area contributed by atoms with Crippen molar-refractivity contribution in [3.8, 4) is 0 Å². The maximum Gasteiger partial charge on any atom is 0.407 e. The Morgan fingerprint density at radius 1 is 0.506 bits per heavy atom. The fourth-order valence-electron chi connectivity index (χ4n) is 9.08. The van der Waals surface area contributed by atoms with Crippen molar-refractivity contribution in [3.63, 3.8) is 0 Å². The Hall–Kier alpha value is -4.01. The minimum absolute atomic E-state index is 0.0105. The molecule has 1 aromatic rings. The van der Waals surface area contributed by atoms with Crippen molar-refractivity contribution < 1.29 is 47.7 Å². The van der Waals surface area contributed by atoms with E-state index in [-0.39, 0.29) is 37.3 Å². The van der Waals surface area contributed by atoms with Gasteiger partial charge in [0.15, 0.2) is 0 Å². The molecule has 14 nitrogen and oxygen atoms in total. The third kappa shape index (κ3) is 46.3. The lowest BCUT2D eigenvalue weighted by molar-refractivity contribution is -0.158. The summed E-state index contributed by atoms with van der Waals surface area (Å²) in [5, 5.41) is 11.2. The van der Waals surface area contributed by atoms with Crippen molar-refractivity contribution >= 4 is 53.4 Å². The van der Waals surface area contributed by atoms with Gasteiger partial charge < -0.3 is 40.2 Å². The van der Waals surface area contributed by atoms with Crippen molar-refractivity contribution in [2.45, 2.75) is 303 Å². The number of carbonyl (C=O) groups excluding carboxylic acids is 6. The van der Waals surface area contributed by atoms with Crippen LogP contribution in [0.5, 0.6) is 0 Å². The molecule has 0 spiro atoms. The number of unbranched alkanes of at least 4 members (excludes halogenated alkanes) is 30. The van der Waals surface area contributed by atoms with Crippen molar-refractivity contribution in [1.82, 2.24) is 16.0 Å². The zero-order valence-electron chi connectivity index (χ0n) is 51.2. The molecule has 0 radical (unpaired) electrons. The van der Waals surface area contributed by atoms with Crippen LogP contribution in [0, 0.1) is 0 Å². The van der Waals surface area contributed by atoms with Crippen molar-refractivity contribution in [3.05, 3.63) is 29.8 Å². The Morgan fingerprint density at radius 3 is 1.33 bits per heavy atom. The summed E-state index contributed by atoms with van der Waals surface area (Å²) < 4.78 is 22.2. The van der Waals surface area contributed by atoms with Gasteiger partial charge in [0.25, 0.3) is 5.91 Å². The minimum atomic E-state index is -1.09. The summed E-state index contributed by atoms with van der Waals surface area (Å²) in [5.74, 6) is -1.23. The molecule has 0 aliphatic rings. The summed E-state index contributed by atoms with van der Waals surface area (Å²) in [6.07, 6.45) is 39.2. The number of amides is 4. The molecule has 2 atom stereocenters. The van der Waals surface area contributed by atoms with E-state index in [0.29, 0.717) is 30.3 Å². The highest BCUT2D eigenvalue weighted by atomic mass is 32.2. The largest absolute Gasteiger partial charge is 0.460 e. The highest BCUT2D eigenvalue weighted by Gasteiger charge is 2.29. The number of carbonyl (C=O) groups is 6. The molecule has 79 heavy (non-hydrogen) atoms. The average molecular weight is 1130 g/mol. The molecule has 4 N–H and O–H groups in total. The van der Waals surface area contributed by atoms with Gasteiger partial charge >= 0.3 is 24.1 Å². The van der Waals surface area contributed by atoms with Gasteiger partial charge in [-0.1, -0.05) is 206 Å². The van der Waals surface area contributed by atoms with Gasteiger partial charge in [-0.3, -0.25) is 14.4 Å². The van der Waals surface area contributed by atoms with Crippen LogP contribution in [-0.2, 0) is 33.3 Å². The highest BCUT2D eigenvalue weighted by molar-refractivity contribution is 7.99. The zero-order valence-corrected chi connectivity index (χ0v) is 52.1. The topological polar surface area (TPSA) is 187 Å². The van der Waals surface area contributed by atoms with Crippen molar-refractivity contribution in [2.75, 3.05) is 36.5 Å². The summed E-state index contributed by atoms with van der Waals surface area (Å²) in [6.45, 7) is 15.9. The third-order valence-corrected chi connectivity index (χ3v) is 14.6. The maximum atomic E-state index is 13.3. The minimum Gasteiger partial charge on any atom is -0.460 e. The maximum absolute atomic E-state index is 13.3. The molecule has 0 aromatic heterocycles. The van der Waals surface area contributed by atoms with Crippen molar-refractivity contribution in [2.24, 2.45) is 0 Å². The van der Waals surface area contributed by atoms with E-state index in [1.807, 2.05) is 0 Å². The van der Waals surface area contributed by atoms with Crippen LogP contribution in [0.4, 0.5) is 15.3 Å². The first kappa shape index (κ1) is 73.0. The van der Waals surface area contributed by atoms with E-state index in [9.17, 15) is 28.8 Å². The van der Waals surface area contributed by atoms with Crippen LogP contribution >= 0.6 is 11.8 Å². The summed E-state index contributed by atoms with van der Waals surface area (Å²) >= 11 is 1.41. The molecule has 15 heteroatoms. The Balaban J connectivity index is 2.57. The fraction of sp³-hybridized carbons (Fsp3) is 0.812. The van der Waals surface area contributed by atoms with Crippen LogP contribution in [0.3, 0.4) is 0 Å². The van der Waals surface area contributed by atoms with E-state index in [1.54, 1.807) is 53.7 Å². The van der Waals surface area contributed by atoms with Gasteiger partial charge in [0.2, 0.25) is 5.91 Å². The summed E-state index contributed by atoms with van der Waals surface area (Å²) in [6, 6.07) is 5.16. The van der Waals surface area contributed by atoms with E-state index in [4.69, 9.17) is 18.9 Å². The Kier molecular flexibility index (Phi) is 44.0. The smallest absolute Gasteiger partial charge is 0.407 e. The summed E-state index contributed by atoms with van der Waals surface area (Å²) in [7, 11) is 0. The summed E-state index contributed by atoms with van der Waals surface area (Å²) in [5.41, 5.74) is -0.782. The van der Waals surface area contributed by atoms with Gasteiger partial charge in [-0.25, -0.2) is 14.4 Å². The standard InChI is InChI=1S/C64H114N4O10S/c1-9-11-13-15-17-19-21-23-25-27-29-31-33-35-37-39-48-65-61(73)75-51-55(76-62(74)66-49-40-38-36-34-32-30-28-26-24-22-20-18-16-14-12-10-2)52-79-50-47-57(69)67-54-43-41-53(42-44-54)59(71)68-56(60(72)78-64(6,7)8)45-46-58(70)77-63(3,4)5/h41-44,55-56H,9-40,45-52H2,1-8H3,(H,65,73)(H,66,74)(H,67,69)(H,68,71). The highest BCUT2D eigenvalue weighted by Crippen LogP contribution is 2.19. The first-order chi connectivity index (χ1) is 37.9. The Morgan fingerprint density at radius 2 is 0.911 bits per heavy atom. The SMILES string of the molecule is CCCCCCCCCCCCCCCCCCNC(=O)OCC(CSCCC(=O)Nc1ccc(C(=O)NC(CCC(=O)OC(C)(C)C)C(=O)OC(C)(C)C)cc1)OC(=O)NCCCCCCCCCCCCCCCCCC. The molecular formula is C64H114N4O10S. The van der Waals surface area contributed by atoms with Gasteiger partial charge in [0.1, 0.15) is 30.0 Å².